The van der Waals surface area contributed by atoms with E-state index < -0.39 is 9.19 Å². The zero-order chi connectivity index (χ0) is 3.91. The number of rotatable bonds is 0. The SMILES string of the molecule is NS1(#P)CC1. The molecule has 0 radical (unpaired) electrons. The molecule has 0 saturated carbocycles. The predicted molar refractivity (Wildman–Crippen MR) is 28.4 cm³/mol. The zero-order valence-corrected chi connectivity index (χ0v) is 4.56. The Morgan fingerprint density at radius 2 is 1.80 bits per heavy atom. The van der Waals surface area contributed by atoms with Crippen LogP contribution in [-0.2, 0) is 0 Å². The Morgan fingerprint density at radius 1 is 1.60 bits per heavy atom. The Bertz CT molecular complexity index is 120. The van der Waals surface area contributed by atoms with Gasteiger partial charge in [-0.05, 0) is 0 Å². The van der Waals surface area contributed by atoms with Gasteiger partial charge >= 0.3 is 33.6 Å². The van der Waals surface area contributed by atoms with Gasteiger partial charge in [-0.15, -0.1) is 0 Å². The Kier molecular flexibility index (Phi) is 0.679. The van der Waals surface area contributed by atoms with Crippen LogP contribution < -0.4 is 5.14 Å². The van der Waals surface area contributed by atoms with Gasteiger partial charge in [0.05, 0.1) is 0 Å². The van der Waals surface area contributed by atoms with Gasteiger partial charge in [0.25, 0.3) is 0 Å². The van der Waals surface area contributed by atoms with E-state index in [0.29, 0.717) is 0 Å². The van der Waals surface area contributed by atoms with Crippen LogP contribution in [0.5, 0.6) is 0 Å². The van der Waals surface area contributed by atoms with Crippen LogP contribution in [0.4, 0.5) is 0 Å². The quantitative estimate of drug-likeness (QED) is 0.362. The summed E-state index contributed by atoms with van der Waals surface area (Å²) in [4.78, 5) is 0. The van der Waals surface area contributed by atoms with E-state index in [9.17, 15) is 0 Å². The summed E-state index contributed by atoms with van der Waals surface area (Å²) in [5, 5.41) is 5.41. The Balaban J connectivity index is 2.86. The summed E-state index contributed by atoms with van der Waals surface area (Å²) >= 11 is 0. The molecule has 1 rings (SSSR count). The first-order valence-electron chi connectivity index (χ1n) is 1.50. The second-order valence-electron chi connectivity index (χ2n) is 1.31. The van der Waals surface area contributed by atoms with Gasteiger partial charge in [-0.1, -0.05) is 0 Å². The van der Waals surface area contributed by atoms with Crippen molar-refractivity contribution in [2.45, 2.75) is 0 Å². The number of nitrogens with two attached hydrogens (primary N) is 1. The molecule has 5 heavy (non-hydrogen) atoms. The molecule has 0 aromatic rings. The third kappa shape index (κ3) is 1.08. The van der Waals surface area contributed by atoms with Crippen LogP contribution in [0.15, 0.2) is 0 Å². The van der Waals surface area contributed by atoms with E-state index in [0.717, 1.165) is 0 Å². The normalized spacial score (nSPS) is 29.6. The van der Waals surface area contributed by atoms with Gasteiger partial charge in [-0.3, -0.25) is 0 Å². The van der Waals surface area contributed by atoms with Gasteiger partial charge in [0.2, 0.25) is 0 Å². The van der Waals surface area contributed by atoms with E-state index in [-0.39, 0.29) is 0 Å². The molecule has 30 valence electrons. The standard InChI is InChI=1S/C2H6NPS/c3-5(4)1-2-5/h1-3H2. The summed E-state index contributed by atoms with van der Waals surface area (Å²) in [6, 6.07) is 0. The molecule has 0 aromatic carbocycles. The first-order chi connectivity index (χ1) is 2.21. The van der Waals surface area contributed by atoms with Crippen molar-refractivity contribution in [3.63, 3.8) is 0 Å². The summed E-state index contributed by atoms with van der Waals surface area (Å²) in [6.07, 6.45) is 0. The van der Waals surface area contributed by atoms with Crippen LogP contribution in [0.3, 0.4) is 0 Å². The Morgan fingerprint density at radius 3 is 1.80 bits per heavy atom. The van der Waals surface area contributed by atoms with Crippen molar-refractivity contribution >= 4 is 17.0 Å². The van der Waals surface area contributed by atoms with Crippen LogP contribution in [0.25, 0.3) is 0 Å². The third-order valence-corrected chi connectivity index (χ3v) is 2.96. The van der Waals surface area contributed by atoms with E-state index >= 15 is 0 Å². The second-order valence-corrected chi connectivity index (χ2v) is 6.11. The van der Waals surface area contributed by atoms with Crippen LogP contribution in [0.2, 0.25) is 0 Å². The van der Waals surface area contributed by atoms with Crippen LogP contribution in [0, 0.1) is 0 Å². The van der Waals surface area contributed by atoms with E-state index in [1.54, 1.807) is 0 Å². The van der Waals surface area contributed by atoms with Crippen molar-refractivity contribution in [3.8, 4) is 0 Å². The summed E-state index contributed by atoms with van der Waals surface area (Å²) in [7, 11) is 3.37. The molecule has 1 heterocycles. The van der Waals surface area contributed by atoms with Gasteiger partial charge in [0, 0.05) is 0 Å². The minimum absolute atomic E-state index is 0.722. The van der Waals surface area contributed by atoms with E-state index in [1.165, 1.54) is 11.5 Å². The van der Waals surface area contributed by atoms with Gasteiger partial charge in [0.1, 0.15) is 0 Å². The molecule has 0 spiro atoms. The fourth-order valence-electron chi connectivity index (χ4n) is 0.0854. The van der Waals surface area contributed by atoms with Gasteiger partial charge in [-0.25, -0.2) is 0 Å². The van der Waals surface area contributed by atoms with Crippen molar-refractivity contribution < 1.29 is 0 Å². The topological polar surface area (TPSA) is 26.0 Å². The van der Waals surface area contributed by atoms with E-state index in [2.05, 4.69) is 7.81 Å². The predicted octanol–water partition coefficient (Wildman–Crippen LogP) is 1.00. The zero-order valence-electron chi connectivity index (χ0n) is 2.85. The van der Waals surface area contributed by atoms with Crippen molar-refractivity contribution in [3.05, 3.63) is 0 Å². The molecule has 0 aromatic heterocycles. The molecule has 1 saturated heterocycles. The van der Waals surface area contributed by atoms with Crippen molar-refractivity contribution in [1.82, 2.24) is 0 Å². The maximum absolute atomic E-state index is 5.41. The second kappa shape index (κ2) is 0.868. The fraction of sp³-hybridized carbons (Fsp3) is 1.00. The van der Waals surface area contributed by atoms with Crippen LogP contribution >= 0.6 is 17.0 Å². The maximum atomic E-state index is 5.41. The molecule has 0 aliphatic carbocycles. The molecular formula is C2H6NPS. The average molecular weight is 107 g/mol. The molecule has 0 unspecified atom stereocenters. The molecule has 0 amide bonds. The first-order valence-corrected chi connectivity index (χ1v) is 4.58. The van der Waals surface area contributed by atoms with Crippen molar-refractivity contribution in [2.75, 3.05) is 11.5 Å². The molecular weight excluding hydrogens is 101 g/mol. The first kappa shape index (κ1) is 3.91. The summed E-state index contributed by atoms with van der Waals surface area (Å²) in [6.45, 7) is 0. The summed E-state index contributed by atoms with van der Waals surface area (Å²) in [5.74, 6) is 2.35. The number of hydrogen-bond acceptors (Lipinski definition) is 1. The molecule has 1 aliphatic rings. The third-order valence-electron chi connectivity index (χ3n) is 0.622. The van der Waals surface area contributed by atoms with Crippen molar-refractivity contribution in [2.24, 2.45) is 5.14 Å². The van der Waals surface area contributed by atoms with E-state index in [4.69, 9.17) is 5.14 Å². The molecule has 0 atom stereocenters. The average Bonchev–Trinajstić information content (AvgIpc) is 1.76. The fourth-order valence-corrected chi connectivity index (χ4v) is 1.44. The van der Waals surface area contributed by atoms with E-state index in [1.807, 2.05) is 0 Å². The van der Waals surface area contributed by atoms with Crippen LogP contribution in [-0.4, -0.2) is 11.5 Å². The molecule has 0 bridgehead atoms. The molecule has 1 aliphatic heterocycles. The van der Waals surface area contributed by atoms with Crippen LogP contribution in [0.1, 0.15) is 0 Å². The summed E-state index contributed by atoms with van der Waals surface area (Å²) < 4.78 is 0. The number of hydrogen-bond donors (Lipinski definition) is 1. The minimum atomic E-state index is -0.722. The molecule has 1 fully saturated rings. The molecule has 3 heteroatoms. The Labute approximate surface area is 34.4 Å². The molecule has 1 nitrogen and oxygen atoms in total. The van der Waals surface area contributed by atoms with Gasteiger partial charge in [-0.2, -0.15) is 0 Å². The monoisotopic (exact) mass is 107 g/mol. The van der Waals surface area contributed by atoms with Crippen molar-refractivity contribution in [1.29, 1.82) is 0 Å². The summed E-state index contributed by atoms with van der Waals surface area (Å²) in [5.41, 5.74) is 0. The Hall–Kier alpha value is 0.740. The van der Waals surface area contributed by atoms with Gasteiger partial charge < -0.3 is 0 Å². The van der Waals surface area contributed by atoms with Gasteiger partial charge in [0.15, 0.2) is 0 Å². The molecule has 2 N–H and O–H groups in total.